The molecule has 1 aliphatic rings. The molecule has 0 aromatic heterocycles. The molecule has 98 valence electrons. The smallest absolute Gasteiger partial charge is 0.265 e. The number of phenols is 1. The van der Waals surface area contributed by atoms with Gasteiger partial charge in [-0.2, -0.15) is 0 Å². The molecule has 7 heteroatoms. The molecule has 2 amide bonds. The van der Waals surface area contributed by atoms with Crippen molar-refractivity contribution in [2.45, 2.75) is 0 Å². The standard InChI is InChI=1S/C12H9BrN2O3S/c1-15-11(18)7(10(17)14-12(15)19)4-6-2-3-9(16)8(13)5-6/h2-5,16H,1H3,(H,14,17,19)/b7-4+. The van der Waals surface area contributed by atoms with E-state index in [1.54, 1.807) is 12.1 Å². The van der Waals surface area contributed by atoms with Crippen LogP contribution in [-0.4, -0.2) is 34.0 Å². The summed E-state index contributed by atoms with van der Waals surface area (Å²) in [4.78, 5) is 24.9. The number of thiocarbonyl (C=S) groups is 1. The lowest BCUT2D eigenvalue weighted by molar-refractivity contribution is -0.128. The Hall–Kier alpha value is -1.73. The molecule has 0 bridgehead atoms. The molecule has 1 aromatic carbocycles. The van der Waals surface area contributed by atoms with Crippen LogP contribution >= 0.6 is 28.1 Å². The van der Waals surface area contributed by atoms with Crippen molar-refractivity contribution in [2.24, 2.45) is 0 Å². The number of amides is 2. The predicted octanol–water partition coefficient (Wildman–Crippen LogP) is 1.41. The Morgan fingerprint density at radius 1 is 1.42 bits per heavy atom. The van der Waals surface area contributed by atoms with Crippen molar-refractivity contribution >= 4 is 51.2 Å². The van der Waals surface area contributed by atoms with Gasteiger partial charge in [0.15, 0.2) is 5.11 Å². The van der Waals surface area contributed by atoms with E-state index >= 15 is 0 Å². The van der Waals surface area contributed by atoms with Crippen LogP contribution in [0.25, 0.3) is 6.08 Å². The van der Waals surface area contributed by atoms with Crippen molar-refractivity contribution in [2.75, 3.05) is 7.05 Å². The summed E-state index contributed by atoms with van der Waals surface area (Å²) in [5, 5.41) is 11.9. The van der Waals surface area contributed by atoms with E-state index < -0.39 is 11.8 Å². The summed E-state index contributed by atoms with van der Waals surface area (Å²) >= 11 is 8.01. The van der Waals surface area contributed by atoms with Crippen LogP contribution < -0.4 is 5.32 Å². The van der Waals surface area contributed by atoms with Gasteiger partial charge < -0.3 is 5.11 Å². The Morgan fingerprint density at radius 2 is 2.11 bits per heavy atom. The largest absolute Gasteiger partial charge is 0.507 e. The van der Waals surface area contributed by atoms with E-state index in [0.29, 0.717) is 10.0 Å². The summed E-state index contributed by atoms with van der Waals surface area (Å²) in [7, 11) is 1.49. The molecule has 5 nitrogen and oxygen atoms in total. The molecule has 1 heterocycles. The van der Waals surface area contributed by atoms with Crippen LogP contribution in [0.4, 0.5) is 0 Å². The zero-order valence-corrected chi connectivity index (χ0v) is 12.2. The van der Waals surface area contributed by atoms with E-state index in [9.17, 15) is 14.7 Å². The van der Waals surface area contributed by atoms with Gasteiger partial charge in [-0.1, -0.05) is 6.07 Å². The number of likely N-dealkylation sites (N-methyl/N-ethyl adjacent to an activating group) is 1. The van der Waals surface area contributed by atoms with Crippen molar-refractivity contribution < 1.29 is 14.7 Å². The quantitative estimate of drug-likeness (QED) is 0.460. The van der Waals surface area contributed by atoms with Crippen LogP contribution in [0.15, 0.2) is 28.2 Å². The zero-order chi connectivity index (χ0) is 14.2. The molecule has 0 radical (unpaired) electrons. The molecule has 2 N–H and O–H groups in total. The summed E-state index contributed by atoms with van der Waals surface area (Å²) in [5.41, 5.74) is 0.609. The molecule has 0 unspecified atom stereocenters. The number of benzene rings is 1. The maximum Gasteiger partial charge on any atom is 0.265 e. The van der Waals surface area contributed by atoms with Gasteiger partial charge in [-0.05, 0) is 51.9 Å². The Morgan fingerprint density at radius 3 is 2.74 bits per heavy atom. The van der Waals surface area contributed by atoms with E-state index in [4.69, 9.17) is 12.2 Å². The minimum absolute atomic E-state index is 0.00584. The number of hydrogen-bond donors (Lipinski definition) is 2. The van der Waals surface area contributed by atoms with E-state index in [2.05, 4.69) is 21.2 Å². The second-order valence-corrected chi connectivity index (χ2v) is 5.13. The Labute approximate surface area is 123 Å². The number of rotatable bonds is 1. The SMILES string of the molecule is CN1C(=O)/C(=C/c2ccc(O)c(Br)c2)C(=O)NC1=S. The van der Waals surface area contributed by atoms with Crippen LogP contribution in [0.1, 0.15) is 5.56 Å². The first kappa shape index (κ1) is 13.7. The highest BCUT2D eigenvalue weighted by Gasteiger charge is 2.30. The lowest BCUT2D eigenvalue weighted by Crippen LogP contribution is -2.52. The summed E-state index contributed by atoms with van der Waals surface area (Å²) in [6.45, 7) is 0. The van der Waals surface area contributed by atoms with E-state index in [0.717, 1.165) is 0 Å². The first-order chi connectivity index (χ1) is 8.90. The van der Waals surface area contributed by atoms with Gasteiger partial charge in [0.05, 0.1) is 4.47 Å². The Balaban J connectivity index is 2.41. The fourth-order valence-corrected chi connectivity index (χ4v) is 2.10. The van der Waals surface area contributed by atoms with Gasteiger partial charge in [0.2, 0.25) is 0 Å². The molecule has 0 aliphatic carbocycles. The normalized spacial score (nSPS) is 17.9. The van der Waals surface area contributed by atoms with E-state index in [-0.39, 0.29) is 16.4 Å². The molecule has 1 fully saturated rings. The highest BCUT2D eigenvalue weighted by atomic mass is 79.9. The second kappa shape index (κ2) is 5.10. The number of carbonyl (C=O) groups excluding carboxylic acids is 2. The minimum atomic E-state index is -0.530. The molecule has 1 aliphatic heterocycles. The number of halogens is 1. The van der Waals surface area contributed by atoms with Crippen LogP contribution in [0.2, 0.25) is 0 Å². The lowest BCUT2D eigenvalue weighted by Gasteiger charge is -2.25. The molecule has 2 rings (SSSR count). The first-order valence-electron chi connectivity index (χ1n) is 5.23. The maximum absolute atomic E-state index is 12.0. The maximum atomic E-state index is 12.0. The van der Waals surface area contributed by atoms with Gasteiger partial charge in [-0.3, -0.25) is 19.8 Å². The fraction of sp³-hybridized carbons (Fsp3) is 0.0833. The first-order valence-corrected chi connectivity index (χ1v) is 6.44. The Bertz CT molecular complexity index is 627. The summed E-state index contributed by atoms with van der Waals surface area (Å²) < 4.78 is 0.481. The summed E-state index contributed by atoms with van der Waals surface area (Å²) in [6, 6.07) is 4.67. The molecule has 1 saturated heterocycles. The molecular weight excluding hydrogens is 332 g/mol. The minimum Gasteiger partial charge on any atom is -0.507 e. The van der Waals surface area contributed by atoms with E-state index in [1.165, 1.54) is 24.1 Å². The monoisotopic (exact) mass is 340 g/mol. The average molecular weight is 341 g/mol. The lowest BCUT2D eigenvalue weighted by atomic mass is 10.1. The number of phenolic OH excluding ortho intramolecular Hbond substituents is 1. The van der Waals surface area contributed by atoms with Crippen molar-refractivity contribution in [3.63, 3.8) is 0 Å². The molecule has 19 heavy (non-hydrogen) atoms. The van der Waals surface area contributed by atoms with Gasteiger partial charge >= 0.3 is 0 Å². The van der Waals surface area contributed by atoms with Gasteiger partial charge in [0.25, 0.3) is 11.8 Å². The van der Waals surface area contributed by atoms with Crippen LogP contribution in [0.3, 0.4) is 0 Å². The van der Waals surface area contributed by atoms with Crippen molar-refractivity contribution in [1.29, 1.82) is 0 Å². The number of hydrogen-bond acceptors (Lipinski definition) is 4. The number of nitrogens with one attached hydrogen (secondary N) is 1. The third-order valence-electron chi connectivity index (χ3n) is 2.59. The van der Waals surface area contributed by atoms with Gasteiger partial charge in [0, 0.05) is 7.05 Å². The molecule has 0 atom stereocenters. The van der Waals surface area contributed by atoms with Crippen LogP contribution in [-0.2, 0) is 9.59 Å². The topological polar surface area (TPSA) is 69.6 Å². The summed E-state index contributed by atoms with van der Waals surface area (Å²) in [5.74, 6) is -0.907. The highest BCUT2D eigenvalue weighted by Crippen LogP contribution is 2.25. The third-order valence-corrected chi connectivity index (χ3v) is 3.60. The van der Waals surface area contributed by atoms with Crippen molar-refractivity contribution in [3.05, 3.63) is 33.8 Å². The van der Waals surface area contributed by atoms with Crippen molar-refractivity contribution in [3.8, 4) is 5.75 Å². The number of nitrogens with zero attached hydrogens (tertiary/aromatic N) is 1. The fourth-order valence-electron chi connectivity index (χ4n) is 1.53. The van der Waals surface area contributed by atoms with Crippen molar-refractivity contribution in [1.82, 2.24) is 10.2 Å². The van der Waals surface area contributed by atoms with E-state index in [1.807, 2.05) is 0 Å². The highest BCUT2D eigenvalue weighted by molar-refractivity contribution is 9.10. The van der Waals surface area contributed by atoms with Crippen LogP contribution in [0, 0.1) is 0 Å². The Kier molecular flexibility index (Phi) is 3.68. The molecule has 1 aromatic rings. The predicted molar refractivity (Wildman–Crippen MR) is 77.3 cm³/mol. The molecule has 0 saturated carbocycles. The van der Waals surface area contributed by atoms with Gasteiger partial charge in [-0.25, -0.2) is 0 Å². The zero-order valence-electron chi connectivity index (χ0n) is 9.81. The molecular formula is C12H9BrN2O3S. The summed E-state index contributed by atoms with van der Waals surface area (Å²) in [6.07, 6.45) is 1.44. The number of carbonyl (C=O) groups is 2. The average Bonchev–Trinajstić information content (AvgIpc) is 2.36. The molecule has 0 spiro atoms. The van der Waals surface area contributed by atoms with Crippen LogP contribution in [0.5, 0.6) is 5.75 Å². The second-order valence-electron chi connectivity index (χ2n) is 3.89. The number of aromatic hydroxyl groups is 1. The van der Waals surface area contributed by atoms with Gasteiger partial charge in [0.1, 0.15) is 11.3 Å². The van der Waals surface area contributed by atoms with Gasteiger partial charge in [-0.15, -0.1) is 0 Å². The third kappa shape index (κ3) is 2.66.